The van der Waals surface area contributed by atoms with Gasteiger partial charge < -0.3 is 16.6 Å². The number of nitrogen functional groups attached to an aromatic ring is 2. The van der Waals surface area contributed by atoms with Crippen molar-refractivity contribution < 1.29 is 13.5 Å². The first-order valence-electron chi connectivity index (χ1n) is 5.66. The highest BCUT2D eigenvalue weighted by Crippen LogP contribution is 2.18. The highest BCUT2D eigenvalue weighted by atomic mass is 32.2. The summed E-state index contributed by atoms with van der Waals surface area (Å²) >= 11 is 0. The molecule has 1 saturated carbocycles. The van der Waals surface area contributed by atoms with Crippen LogP contribution in [0.4, 0.5) is 11.4 Å². The Morgan fingerprint density at radius 2 is 1.67 bits per heavy atom. The maximum atomic E-state index is 10.8. The lowest BCUT2D eigenvalue weighted by atomic mass is 10.3. The molecular formula is C11H19N3O3S. The Labute approximate surface area is 107 Å². The topological polar surface area (TPSA) is 132 Å². The molecule has 1 aliphatic rings. The molecule has 1 fully saturated rings. The highest BCUT2D eigenvalue weighted by molar-refractivity contribution is 7.89. The number of aliphatic hydroxyl groups excluding tert-OH is 1. The Bertz CT molecular complexity index is 496. The van der Waals surface area contributed by atoms with E-state index in [2.05, 4.69) is 0 Å². The first-order chi connectivity index (χ1) is 8.30. The van der Waals surface area contributed by atoms with Crippen LogP contribution >= 0.6 is 0 Å². The van der Waals surface area contributed by atoms with E-state index in [4.69, 9.17) is 21.7 Å². The van der Waals surface area contributed by atoms with E-state index < -0.39 is 10.0 Å². The van der Waals surface area contributed by atoms with Crippen molar-refractivity contribution in [2.45, 2.75) is 36.7 Å². The van der Waals surface area contributed by atoms with Gasteiger partial charge in [0.2, 0.25) is 10.0 Å². The Morgan fingerprint density at radius 3 is 2.00 bits per heavy atom. The fourth-order valence-electron chi connectivity index (χ4n) is 1.63. The quantitative estimate of drug-likeness (QED) is 0.550. The summed E-state index contributed by atoms with van der Waals surface area (Å²) in [5.74, 6) is 0. The third kappa shape index (κ3) is 4.52. The standard InChI is InChI=1S/C6H9N3O2S.C5H10O/c7-5-2-1-4(3-6(5)8)12(9,10)11;6-5-3-1-2-4-5/h1-3H,7-8H2,(H2,9,10,11);5-6H,1-4H2. The number of benzene rings is 1. The monoisotopic (exact) mass is 273 g/mol. The summed E-state index contributed by atoms with van der Waals surface area (Å²) < 4.78 is 21.6. The van der Waals surface area contributed by atoms with Gasteiger partial charge >= 0.3 is 0 Å². The minimum Gasteiger partial charge on any atom is -0.397 e. The molecule has 7 N–H and O–H groups in total. The summed E-state index contributed by atoms with van der Waals surface area (Å²) in [6, 6.07) is 3.93. The highest BCUT2D eigenvalue weighted by Gasteiger charge is 2.09. The minimum absolute atomic E-state index is 0.0331. The average molecular weight is 273 g/mol. The van der Waals surface area contributed by atoms with Crippen LogP contribution in [0, 0.1) is 0 Å². The van der Waals surface area contributed by atoms with Crippen LogP contribution in [0.15, 0.2) is 23.1 Å². The second-order valence-electron chi connectivity index (χ2n) is 4.27. The Kier molecular flexibility index (Phi) is 4.94. The van der Waals surface area contributed by atoms with Crippen molar-refractivity contribution >= 4 is 21.4 Å². The van der Waals surface area contributed by atoms with Crippen LogP contribution in [0.5, 0.6) is 0 Å². The van der Waals surface area contributed by atoms with Gasteiger partial charge in [0.1, 0.15) is 0 Å². The zero-order valence-electron chi connectivity index (χ0n) is 10.0. The van der Waals surface area contributed by atoms with Gasteiger partial charge in [0.25, 0.3) is 0 Å². The predicted molar refractivity (Wildman–Crippen MR) is 71.1 cm³/mol. The largest absolute Gasteiger partial charge is 0.397 e. The van der Waals surface area contributed by atoms with Crippen molar-refractivity contribution in [3.63, 3.8) is 0 Å². The molecule has 0 aliphatic heterocycles. The Balaban J connectivity index is 0.000000225. The van der Waals surface area contributed by atoms with E-state index in [0.29, 0.717) is 5.69 Å². The number of sulfonamides is 1. The van der Waals surface area contributed by atoms with Gasteiger partial charge in [-0.2, -0.15) is 0 Å². The van der Waals surface area contributed by atoms with E-state index in [9.17, 15) is 8.42 Å². The summed E-state index contributed by atoms with van der Waals surface area (Å²) in [6.07, 6.45) is 4.60. The minimum atomic E-state index is -3.68. The van der Waals surface area contributed by atoms with Gasteiger partial charge in [-0.25, -0.2) is 13.6 Å². The molecule has 0 atom stereocenters. The molecule has 0 bridgehead atoms. The molecule has 0 unspecified atom stereocenters. The normalized spacial score (nSPS) is 16.1. The van der Waals surface area contributed by atoms with E-state index in [-0.39, 0.29) is 16.7 Å². The van der Waals surface area contributed by atoms with Gasteiger partial charge in [0.05, 0.1) is 22.4 Å². The van der Waals surface area contributed by atoms with E-state index in [0.717, 1.165) is 12.8 Å². The van der Waals surface area contributed by atoms with E-state index in [1.807, 2.05) is 0 Å². The second-order valence-corrected chi connectivity index (χ2v) is 5.84. The molecule has 1 aromatic carbocycles. The van der Waals surface area contributed by atoms with E-state index >= 15 is 0 Å². The fraction of sp³-hybridized carbons (Fsp3) is 0.455. The van der Waals surface area contributed by atoms with Gasteiger partial charge in [-0.15, -0.1) is 0 Å². The maximum absolute atomic E-state index is 10.8. The van der Waals surface area contributed by atoms with Crippen LogP contribution in [0.3, 0.4) is 0 Å². The van der Waals surface area contributed by atoms with Crippen molar-refractivity contribution in [3.05, 3.63) is 18.2 Å². The van der Waals surface area contributed by atoms with Gasteiger partial charge in [0, 0.05) is 0 Å². The zero-order valence-corrected chi connectivity index (χ0v) is 10.9. The number of aliphatic hydroxyl groups is 1. The molecule has 0 radical (unpaired) electrons. The molecule has 6 nitrogen and oxygen atoms in total. The average Bonchev–Trinajstić information content (AvgIpc) is 2.73. The first kappa shape index (κ1) is 14.7. The van der Waals surface area contributed by atoms with Crippen LogP contribution in [0.2, 0.25) is 0 Å². The lowest BCUT2D eigenvalue weighted by molar-refractivity contribution is 0.183. The Hall–Kier alpha value is -1.31. The van der Waals surface area contributed by atoms with Gasteiger partial charge in [-0.3, -0.25) is 0 Å². The van der Waals surface area contributed by atoms with E-state index in [1.54, 1.807) is 0 Å². The van der Waals surface area contributed by atoms with Crippen LogP contribution in [0.25, 0.3) is 0 Å². The lowest BCUT2D eigenvalue weighted by Crippen LogP contribution is -2.12. The van der Waals surface area contributed by atoms with Crippen LogP contribution < -0.4 is 16.6 Å². The fourth-order valence-corrected chi connectivity index (χ4v) is 2.18. The lowest BCUT2D eigenvalue weighted by Gasteiger charge is -2.01. The van der Waals surface area contributed by atoms with Crippen molar-refractivity contribution in [2.75, 3.05) is 11.5 Å². The Morgan fingerprint density at radius 1 is 1.11 bits per heavy atom. The van der Waals surface area contributed by atoms with Gasteiger partial charge in [0.15, 0.2) is 0 Å². The molecule has 2 rings (SSSR count). The van der Waals surface area contributed by atoms with Crippen LogP contribution in [-0.4, -0.2) is 19.6 Å². The smallest absolute Gasteiger partial charge is 0.238 e. The maximum Gasteiger partial charge on any atom is 0.238 e. The zero-order chi connectivity index (χ0) is 13.8. The molecule has 0 aromatic heterocycles. The van der Waals surface area contributed by atoms with Crippen molar-refractivity contribution in [2.24, 2.45) is 5.14 Å². The van der Waals surface area contributed by atoms with Crippen LogP contribution in [-0.2, 0) is 10.0 Å². The molecule has 102 valence electrons. The second kappa shape index (κ2) is 6.03. The molecule has 1 aliphatic carbocycles. The third-order valence-electron chi connectivity index (χ3n) is 2.71. The summed E-state index contributed by atoms with van der Waals surface area (Å²) in [5.41, 5.74) is 11.3. The molecule has 0 spiro atoms. The summed E-state index contributed by atoms with van der Waals surface area (Å²) in [4.78, 5) is -0.0331. The van der Waals surface area contributed by atoms with Gasteiger partial charge in [-0.1, -0.05) is 12.8 Å². The van der Waals surface area contributed by atoms with Crippen molar-refractivity contribution in [1.82, 2.24) is 0 Å². The summed E-state index contributed by atoms with van der Waals surface area (Å²) in [6.45, 7) is 0. The number of primary sulfonamides is 1. The molecule has 0 amide bonds. The summed E-state index contributed by atoms with van der Waals surface area (Å²) in [7, 11) is -3.68. The number of hydrogen-bond acceptors (Lipinski definition) is 5. The molecule has 0 heterocycles. The van der Waals surface area contributed by atoms with Crippen molar-refractivity contribution in [1.29, 1.82) is 0 Å². The molecule has 18 heavy (non-hydrogen) atoms. The molecular weight excluding hydrogens is 254 g/mol. The molecule has 0 saturated heterocycles. The SMILES string of the molecule is Nc1ccc(S(N)(=O)=O)cc1N.OC1CCCC1. The van der Waals surface area contributed by atoms with E-state index in [1.165, 1.54) is 31.0 Å². The number of nitrogens with two attached hydrogens (primary N) is 3. The molecule has 1 aromatic rings. The predicted octanol–water partition coefficient (Wildman–Crippen LogP) is 0.420. The third-order valence-corrected chi connectivity index (χ3v) is 3.62. The molecule has 7 heteroatoms. The number of rotatable bonds is 1. The first-order valence-corrected chi connectivity index (χ1v) is 7.21. The number of anilines is 2. The number of hydrogen-bond donors (Lipinski definition) is 4. The van der Waals surface area contributed by atoms with Crippen LogP contribution in [0.1, 0.15) is 25.7 Å². The van der Waals surface area contributed by atoms with Crippen molar-refractivity contribution in [3.8, 4) is 0 Å². The van der Waals surface area contributed by atoms with Gasteiger partial charge in [-0.05, 0) is 31.0 Å². The summed E-state index contributed by atoms with van der Waals surface area (Å²) in [5, 5.41) is 13.6.